The normalized spacial score (nSPS) is 19.1. The molecule has 9 heteroatoms. The largest absolute Gasteiger partial charge is 0.410 e. The van der Waals surface area contributed by atoms with Gasteiger partial charge in [0, 0.05) is 12.1 Å². The molecule has 3 atom stereocenters. The van der Waals surface area contributed by atoms with E-state index in [2.05, 4.69) is 15.7 Å². The number of carbonyl (C=O) groups is 1. The van der Waals surface area contributed by atoms with Crippen LogP contribution in [0.25, 0.3) is 0 Å². The Balaban J connectivity index is 1.64. The fraction of sp³-hybridized carbons (Fsp3) is 0.304. The van der Waals surface area contributed by atoms with Crippen LogP contribution >= 0.6 is 0 Å². The Hall–Kier alpha value is -3.33. The van der Waals surface area contributed by atoms with Gasteiger partial charge >= 0.3 is 6.18 Å². The third kappa shape index (κ3) is 4.34. The van der Waals surface area contributed by atoms with E-state index in [1.54, 1.807) is 43.3 Å². The maximum Gasteiger partial charge on any atom is 0.410 e. The molecule has 1 aliphatic heterocycles. The van der Waals surface area contributed by atoms with Crippen molar-refractivity contribution in [3.63, 3.8) is 0 Å². The van der Waals surface area contributed by atoms with E-state index in [-0.39, 0.29) is 17.8 Å². The summed E-state index contributed by atoms with van der Waals surface area (Å²) >= 11 is 0. The molecule has 1 aliphatic rings. The monoisotopic (exact) mass is 444 g/mol. The van der Waals surface area contributed by atoms with Crippen LogP contribution in [0.2, 0.25) is 0 Å². The molecule has 0 radical (unpaired) electrons. The van der Waals surface area contributed by atoms with Crippen LogP contribution in [0.4, 0.5) is 24.7 Å². The molecule has 168 valence electrons. The summed E-state index contributed by atoms with van der Waals surface area (Å²) in [7, 11) is 0. The van der Waals surface area contributed by atoms with Crippen molar-refractivity contribution < 1.29 is 23.1 Å². The quantitative estimate of drug-likeness (QED) is 0.520. The van der Waals surface area contributed by atoms with E-state index in [4.69, 9.17) is 0 Å². The highest BCUT2D eigenvalue weighted by Gasteiger charge is 2.47. The number of alkyl halides is 3. The van der Waals surface area contributed by atoms with Crippen LogP contribution in [0, 0.1) is 6.92 Å². The molecule has 32 heavy (non-hydrogen) atoms. The Morgan fingerprint density at radius 1 is 1.19 bits per heavy atom. The van der Waals surface area contributed by atoms with Crippen LogP contribution in [0.5, 0.6) is 0 Å². The first-order valence-electron chi connectivity index (χ1n) is 10.2. The zero-order valence-electron chi connectivity index (χ0n) is 17.5. The van der Waals surface area contributed by atoms with Crippen LogP contribution in [0.1, 0.15) is 58.6 Å². The highest BCUT2D eigenvalue weighted by atomic mass is 19.4. The number of amides is 1. The zero-order chi connectivity index (χ0) is 23.0. The molecule has 3 aromatic rings. The number of fused-ring (bicyclic) bond motifs is 1. The van der Waals surface area contributed by atoms with Gasteiger partial charge in [0.05, 0.1) is 18.3 Å². The molecule has 0 bridgehead atoms. The first-order chi connectivity index (χ1) is 15.1. The van der Waals surface area contributed by atoms with E-state index in [0.717, 1.165) is 16.4 Å². The lowest BCUT2D eigenvalue weighted by atomic mass is 9.96. The maximum absolute atomic E-state index is 13.8. The molecule has 0 fully saturated rings. The summed E-state index contributed by atoms with van der Waals surface area (Å²) in [5, 5.41) is 19.3. The van der Waals surface area contributed by atoms with Crippen molar-refractivity contribution >= 4 is 17.4 Å². The van der Waals surface area contributed by atoms with Crippen LogP contribution < -0.4 is 10.6 Å². The number of aryl methyl sites for hydroxylation is 1. The molecule has 4 rings (SSSR count). The van der Waals surface area contributed by atoms with Crippen LogP contribution in [-0.4, -0.2) is 27.0 Å². The van der Waals surface area contributed by atoms with E-state index in [0.29, 0.717) is 16.8 Å². The molecular formula is C23H23F3N4O2. The minimum atomic E-state index is -4.52. The second kappa shape index (κ2) is 8.31. The van der Waals surface area contributed by atoms with Gasteiger partial charge in [0.1, 0.15) is 11.4 Å². The van der Waals surface area contributed by atoms with E-state index in [9.17, 15) is 23.1 Å². The van der Waals surface area contributed by atoms with Gasteiger partial charge in [-0.15, -0.1) is 0 Å². The average Bonchev–Trinajstić information content (AvgIpc) is 3.17. The number of carbonyl (C=O) groups excluding carboxylic acids is 1. The first-order valence-corrected chi connectivity index (χ1v) is 10.2. The molecule has 1 aromatic heterocycles. The summed E-state index contributed by atoms with van der Waals surface area (Å²) in [6.07, 6.45) is -4.25. The van der Waals surface area contributed by atoms with Gasteiger partial charge in [-0.05, 0) is 37.1 Å². The van der Waals surface area contributed by atoms with Crippen LogP contribution in [-0.2, 0) is 0 Å². The highest BCUT2D eigenvalue weighted by Crippen LogP contribution is 2.44. The smallest absolute Gasteiger partial charge is 0.389 e. The number of hydrogen-bond acceptors (Lipinski definition) is 4. The standard InChI is InChI=1S/C23H23F3N4O2/c1-13-3-5-16(6-4-13)19-11-20(23(24,25)26)30-21(29-19)18(12-27-30)22(32)28-17-9-7-15(8-10-17)14(2)31/h3-10,12,14,19-20,29,31H,11H2,1-2H3,(H,28,32). The number of aliphatic hydroxyl groups excluding tert-OH is 1. The number of aromatic nitrogens is 2. The fourth-order valence-electron chi connectivity index (χ4n) is 3.79. The number of rotatable bonds is 4. The Morgan fingerprint density at radius 3 is 2.44 bits per heavy atom. The summed E-state index contributed by atoms with van der Waals surface area (Å²) in [6, 6.07) is 11.4. The second-order valence-corrected chi connectivity index (χ2v) is 8.00. The molecule has 3 unspecified atom stereocenters. The molecule has 2 aromatic carbocycles. The van der Waals surface area contributed by atoms with Gasteiger partial charge in [0.25, 0.3) is 5.91 Å². The summed E-state index contributed by atoms with van der Waals surface area (Å²) < 4.78 is 42.3. The lowest BCUT2D eigenvalue weighted by Gasteiger charge is -2.34. The molecular weight excluding hydrogens is 421 g/mol. The van der Waals surface area contributed by atoms with E-state index < -0.39 is 30.3 Å². The first kappa shape index (κ1) is 21.9. The van der Waals surface area contributed by atoms with Crippen molar-refractivity contribution in [1.82, 2.24) is 9.78 Å². The van der Waals surface area contributed by atoms with Gasteiger partial charge in [-0.2, -0.15) is 18.3 Å². The van der Waals surface area contributed by atoms with E-state index in [1.165, 1.54) is 0 Å². The number of aliphatic hydroxyl groups is 1. The minimum absolute atomic E-state index is 0.0238. The Bertz CT molecular complexity index is 1110. The number of benzene rings is 2. The summed E-state index contributed by atoms with van der Waals surface area (Å²) in [5.41, 5.74) is 2.87. The highest BCUT2D eigenvalue weighted by molar-refractivity contribution is 6.07. The maximum atomic E-state index is 13.8. The third-order valence-corrected chi connectivity index (χ3v) is 5.61. The lowest BCUT2D eigenvalue weighted by Crippen LogP contribution is -2.36. The van der Waals surface area contributed by atoms with Crippen molar-refractivity contribution in [3.05, 3.63) is 77.0 Å². The number of nitrogens with one attached hydrogen (secondary N) is 2. The summed E-state index contributed by atoms with van der Waals surface area (Å²) in [6.45, 7) is 3.53. The topological polar surface area (TPSA) is 79.2 Å². The van der Waals surface area contributed by atoms with Crippen molar-refractivity contribution in [1.29, 1.82) is 0 Å². The van der Waals surface area contributed by atoms with E-state index >= 15 is 0 Å². The Morgan fingerprint density at radius 2 is 1.84 bits per heavy atom. The number of hydrogen-bond donors (Lipinski definition) is 3. The van der Waals surface area contributed by atoms with Crippen molar-refractivity contribution in [2.75, 3.05) is 10.6 Å². The second-order valence-electron chi connectivity index (χ2n) is 8.00. The molecule has 0 saturated heterocycles. The van der Waals surface area contributed by atoms with Crippen LogP contribution in [0.15, 0.2) is 54.7 Å². The fourth-order valence-corrected chi connectivity index (χ4v) is 3.79. The van der Waals surface area contributed by atoms with Gasteiger partial charge in [0.2, 0.25) is 0 Å². The SMILES string of the molecule is Cc1ccc(C2CC(C(F)(F)F)n3ncc(C(=O)Nc4ccc(C(C)O)cc4)c3N2)cc1. The molecule has 2 heterocycles. The van der Waals surface area contributed by atoms with Crippen molar-refractivity contribution in [2.24, 2.45) is 0 Å². The van der Waals surface area contributed by atoms with Crippen molar-refractivity contribution in [2.45, 2.75) is 44.6 Å². The molecule has 3 N–H and O–H groups in total. The predicted octanol–water partition coefficient (Wildman–Crippen LogP) is 5.16. The Labute approximate surface area is 183 Å². The Kier molecular flexibility index (Phi) is 5.68. The van der Waals surface area contributed by atoms with Gasteiger partial charge in [0.15, 0.2) is 6.04 Å². The molecule has 0 saturated carbocycles. The predicted molar refractivity (Wildman–Crippen MR) is 115 cm³/mol. The van der Waals surface area contributed by atoms with Gasteiger partial charge in [-0.3, -0.25) is 4.79 Å². The molecule has 1 amide bonds. The minimum Gasteiger partial charge on any atom is -0.389 e. The van der Waals surface area contributed by atoms with Gasteiger partial charge < -0.3 is 15.7 Å². The van der Waals surface area contributed by atoms with Crippen LogP contribution in [0.3, 0.4) is 0 Å². The van der Waals surface area contributed by atoms with E-state index in [1.807, 2.05) is 19.1 Å². The average molecular weight is 444 g/mol. The molecule has 0 aliphatic carbocycles. The summed E-state index contributed by atoms with van der Waals surface area (Å²) in [5.74, 6) is -0.545. The third-order valence-electron chi connectivity index (χ3n) is 5.61. The number of anilines is 2. The summed E-state index contributed by atoms with van der Waals surface area (Å²) in [4.78, 5) is 12.9. The number of halogens is 3. The molecule has 0 spiro atoms. The van der Waals surface area contributed by atoms with Gasteiger partial charge in [-0.1, -0.05) is 42.0 Å². The zero-order valence-corrected chi connectivity index (χ0v) is 17.5. The van der Waals surface area contributed by atoms with Gasteiger partial charge in [-0.25, -0.2) is 4.68 Å². The number of nitrogens with zero attached hydrogens (tertiary/aromatic N) is 2. The lowest BCUT2D eigenvalue weighted by molar-refractivity contribution is -0.173. The van der Waals surface area contributed by atoms with Crippen molar-refractivity contribution in [3.8, 4) is 0 Å². The molecule has 6 nitrogen and oxygen atoms in total.